The largest absolute Gasteiger partial charge is 0.279 e. The van der Waals surface area contributed by atoms with E-state index in [0.717, 1.165) is 18.2 Å². The summed E-state index contributed by atoms with van der Waals surface area (Å²) in [6.07, 6.45) is 0. The highest BCUT2D eigenvalue weighted by Crippen LogP contribution is 2.23. The molecule has 3 nitrogen and oxygen atoms in total. The zero-order valence-electron chi connectivity index (χ0n) is 9.70. The SMILES string of the molecule is O=S(=O)(Nc1ccc(F)c(Br)c1)c1cc(F)ccc1F. The summed E-state index contributed by atoms with van der Waals surface area (Å²) in [6.45, 7) is 0. The molecule has 0 heterocycles. The van der Waals surface area contributed by atoms with Crippen molar-refractivity contribution in [2.75, 3.05) is 4.72 Å². The van der Waals surface area contributed by atoms with E-state index >= 15 is 0 Å². The van der Waals surface area contributed by atoms with Crippen molar-refractivity contribution in [2.24, 2.45) is 0 Å². The molecule has 0 radical (unpaired) electrons. The molecular formula is C12H7BrF3NO2S. The normalized spacial score (nSPS) is 11.4. The fraction of sp³-hybridized carbons (Fsp3) is 0. The van der Waals surface area contributed by atoms with Crippen molar-refractivity contribution >= 4 is 31.6 Å². The minimum atomic E-state index is -4.30. The second-order valence-electron chi connectivity index (χ2n) is 3.81. The average molecular weight is 366 g/mol. The molecule has 106 valence electrons. The number of halogens is 4. The van der Waals surface area contributed by atoms with Crippen LogP contribution < -0.4 is 4.72 Å². The van der Waals surface area contributed by atoms with Crippen molar-refractivity contribution in [2.45, 2.75) is 4.90 Å². The molecule has 2 aromatic rings. The summed E-state index contributed by atoms with van der Waals surface area (Å²) < 4.78 is 65.5. The van der Waals surface area contributed by atoms with E-state index in [4.69, 9.17) is 0 Å². The van der Waals surface area contributed by atoms with Crippen LogP contribution in [0, 0.1) is 17.5 Å². The monoisotopic (exact) mass is 365 g/mol. The first-order valence-electron chi connectivity index (χ1n) is 5.22. The minimum absolute atomic E-state index is 0.0157. The van der Waals surface area contributed by atoms with Crippen LogP contribution >= 0.6 is 15.9 Å². The summed E-state index contributed by atoms with van der Waals surface area (Å²) >= 11 is 2.89. The molecule has 0 aromatic heterocycles. The highest BCUT2D eigenvalue weighted by Gasteiger charge is 2.20. The highest BCUT2D eigenvalue weighted by molar-refractivity contribution is 9.10. The third-order valence-electron chi connectivity index (χ3n) is 2.35. The lowest BCUT2D eigenvalue weighted by atomic mass is 10.3. The predicted molar refractivity (Wildman–Crippen MR) is 71.3 cm³/mol. The van der Waals surface area contributed by atoms with E-state index in [0.29, 0.717) is 12.1 Å². The molecule has 0 aliphatic heterocycles. The number of hydrogen-bond acceptors (Lipinski definition) is 2. The first-order chi connectivity index (χ1) is 9.29. The van der Waals surface area contributed by atoms with Gasteiger partial charge in [0.25, 0.3) is 10.0 Å². The molecule has 2 aromatic carbocycles. The van der Waals surface area contributed by atoms with Crippen molar-refractivity contribution in [1.82, 2.24) is 0 Å². The fourth-order valence-electron chi connectivity index (χ4n) is 1.45. The summed E-state index contributed by atoms with van der Waals surface area (Å²) in [6, 6.07) is 5.45. The standard InChI is InChI=1S/C12H7BrF3NO2S/c13-9-6-8(2-4-10(9)15)17-20(18,19)12-5-7(14)1-3-11(12)16/h1-6,17H. The Balaban J connectivity index is 2.40. The number of anilines is 1. The van der Waals surface area contributed by atoms with E-state index in [1.807, 2.05) is 4.72 Å². The van der Waals surface area contributed by atoms with Crippen LogP contribution in [0.3, 0.4) is 0 Å². The van der Waals surface area contributed by atoms with Crippen molar-refractivity contribution < 1.29 is 21.6 Å². The van der Waals surface area contributed by atoms with Crippen molar-refractivity contribution in [1.29, 1.82) is 0 Å². The van der Waals surface area contributed by atoms with Gasteiger partial charge in [-0.25, -0.2) is 21.6 Å². The van der Waals surface area contributed by atoms with Crippen LogP contribution in [0.25, 0.3) is 0 Å². The van der Waals surface area contributed by atoms with Gasteiger partial charge in [0, 0.05) is 0 Å². The summed E-state index contributed by atoms with van der Waals surface area (Å²) in [7, 11) is -4.30. The van der Waals surface area contributed by atoms with Gasteiger partial charge >= 0.3 is 0 Å². The van der Waals surface area contributed by atoms with E-state index in [1.54, 1.807) is 0 Å². The number of sulfonamides is 1. The van der Waals surface area contributed by atoms with Gasteiger partial charge in [-0.2, -0.15) is 0 Å². The average Bonchev–Trinajstić information content (AvgIpc) is 2.36. The number of rotatable bonds is 3. The predicted octanol–water partition coefficient (Wildman–Crippen LogP) is 3.67. The zero-order valence-corrected chi connectivity index (χ0v) is 12.1. The number of hydrogen-bond donors (Lipinski definition) is 1. The maximum atomic E-state index is 13.5. The van der Waals surface area contributed by atoms with Crippen LogP contribution in [0.5, 0.6) is 0 Å². The van der Waals surface area contributed by atoms with Crippen LogP contribution in [0.4, 0.5) is 18.9 Å². The topological polar surface area (TPSA) is 46.2 Å². The highest BCUT2D eigenvalue weighted by atomic mass is 79.9. The molecule has 0 unspecified atom stereocenters. The summed E-state index contributed by atoms with van der Waals surface area (Å²) in [4.78, 5) is -0.821. The smallest absolute Gasteiger partial charge is 0.264 e. The van der Waals surface area contributed by atoms with Crippen LogP contribution in [0.1, 0.15) is 0 Å². The van der Waals surface area contributed by atoms with Crippen LogP contribution in [0.2, 0.25) is 0 Å². The lowest BCUT2D eigenvalue weighted by Crippen LogP contribution is -2.15. The summed E-state index contributed by atoms with van der Waals surface area (Å²) in [5.41, 5.74) is 0.0157. The Kier molecular flexibility index (Phi) is 4.05. The Morgan fingerprint density at radius 2 is 1.60 bits per heavy atom. The Hall–Kier alpha value is -1.54. The quantitative estimate of drug-likeness (QED) is 0.901. The molecule has 2 rings (SSSR count). The van der Waals surface area contributed by atoms with E-state index in [1.165, 1.54) is 6.07 Å². The molecule has 0 spiro atoms. The maximum absolute atomic E-state index is 13.5. The zero-order chi connectivity index (χ0) is 14.9. The van der Waals surface area contributed by atoms with E-state index in [-0.39, 0.29) is 10.2 Å². The van der Waals surface area contributed by atoms with Gasteiger partial charge in [0.1, 0.15) is 22.3 Å². The first kappa shape index (κ1) is 14.9. The number of benzene rings is 2. The van der Waals surface area contributed by atoms with Gasteiger partial charge in [0.05, 0.1) is 10.2 Å². The van der Waals surface area contributed by atoms with Gasteiger partial charge in [0.15, 0.2) is 0 Å². The summed E-state index contributed by atoms with van der Waals surface area (Å²) in [5.74, 6) is -2.54. The molecule has 20 heavy (non-hydrogen) atoms. The van der Waals surface area contributed by atoms with Gasteiger partial charge in [0.2, 0.25) is 0 Å². The fourth-order valence-corrected chi connectivity index (χ4v) is 2.97. The number of nitrogens with one attached hydrogen (secondary N) is 1. The first-order valence-corrected chi connectivity index (χ1v) is 7.50. The molecule has 0 aliphatic carbocycles. The molecule has 0 bridgehead atoms. The van der Waals surface area contributed by atoms with E-state index in [9.17, 15) is 21.6 Å². The van der Waals surface area contributed by atoms with Crippen molar-refractivity contribution in [3.8, 4) is 0 Å². The van der Waals surface area contributed by atoms with Crippen molar-refractivity contribution in [3.63, 3.8) is 0 Å². The van der Waals surface area contributed by atoms with Gasteiger partial charge < -0.3 is 0 Å². The molecule has 0 saturated carbocycles. The molecule has 0 atom stereocenters. The second-order valence-corrected chi connectivity index (χ2v) is 6.31. The molecule has 0 fully saturated rings. The third kappa shape index (κ3) is 3.13. The molecule has 0 amide bonds. The molecule has 8 heteroatoms. The van der Waals surface area contributed by atoms with Crippen LogP contribution in [-0.4, -0.2) is 8.42 Å². The Bertz CT molecular complexity index is 765. The Morgan fingerprint density at radius 3 is 2.25 bits per heavy atom. The van der Waals surface area contributed by atoms with Gasteiger partial charge in [-0.15, -0.1) is 0 Å². The maximum Gasteiger partial charge on any atom is 0.264 e. The summed E-state index contributed by atoms with van der Waals surface area (Å²) in [5, 5.41) is 0. The Labute approximate surface area is 121 Å². The minimum Gasteiger partial charge on any atom is -0.279 e. The van der Waals surface area contributed by atoms with Crippen LogP contribution in [0.15, 0.2) is 45.8 Å². The lowest BCUT2D eigenvalue weighted by molar-refractivity contribution is 0.555. The van der Waals surface area contributed by atoms with E-state index in [2.05, 4.69) is 15.9 Å². The van der Waals surface area contributed by atoms with Gasteiger partial charge in [-0.3, -0.25) is 4.72 Å². The van der Waals surface area contributed by atoms with Gasteiger partial charge in [-0.1, -0.05) is 0 Å². The molecule has 1 N–H and O–H groups in total. The van der Waals surface area contributed by atoms with Gasteiger partial charge in [-0.05, 0) is 52.3 Å². The van der Waals surface area contributed by atoms with E-state index < -0.39 is 32.4 Å². The van der Waals surface area contributed by atoms with Crippen LogP contribution in [-0.2, 0) is 10.0 Å². The Morgan fingerprint density at radius 1 is 0.950 bits per heavy atom. The second kappa shape index (κ2) is 5.45. The third-order valence-corrected chi connectivity index (χ3v) is 4.36. The molecule has 0 saturated heterocycles. The van der Waals surface area contributed by atoms with Crippen molar-refractivity contribution in [3.05, 3.63) is 58.3 Å². The molecule has 0 aliphatic rings. The molecular weight excluding hydrogens is 359 g/mol. The lowest BCUT2D eigenvalue weighted by Gasteiger charge is -2.09.